The number of aromatic amines is 2. The maximum Gasteiger partial charge on any atom is 0.226 e. The molecule has 1 saturated heterocycles. The number of benzene rings is 1. The molecule has 3 heterocycles. The molecule has 6 nitrogen and oxygen atoms in total. The Labute approximate surface area is 284 Å². The van der Waals surface area contributed by atoms with Gasteiger partial charge in [0.2, 0.25) is 5.91 Å². The van der Waals surface area contributed by atoms with Crippen molar-refractivity contribution in [1.82, 2.24) is 24.8 Å². The molecule has 5 aliphatic carbocycles. The third-order valence-electron chi connectivity index (χ3n) is 13.3. The number of nitrogens with zero attached hydrogens (tertiary/aromatic N) is 3. The minimum Gasteiger partial charge on any atom is -0.343 e. The molecule has 1 aliphatic heterocycles. The van der Waals surface area contributed by atoms with Crippen molar-refractivity contribution in [2.45, 2.75) is 91.1 Å². The number of aryl methyl sites for hydroxylation is 1. The Morgan fingerprint density at radius 1 is 0.812 bits per heavy atom. The molecular formula is C42H49N5O. The van der Waals surface area contributed by atoms with Gasteiger partial charge < -0.3 is 14.9 Å². The van der Waals surface area contributed by atoms with Crippen LogP contribution in [0.3, 0.4) is 0 Å². The minimum absolute atomic E-state index is 0.0505. The highest BCUT2D eigenvalue weighted by Crippen LogP contribution is 2.61. The maximum atomic E-state index is 13.6. The summed E-state index contributed by atoms with van der Waals surface area (Å²) in [5.41, 5.74) is 10.7. The third-order valence-corrected chi connectivity index (χ3v) is 13.3. The molecule has 0 radical (unpaired) electrons. The molecular weight excluding hydrogens is 590 g/mol. The zero-order valence-electron chi connectivity index (χ0n) is 28.9. The van der Waals surface area contributed by atoms with Crippen LogP contribution >= 0.6 is 0 Å². The molecule has 6 aliphatic rings. The van der Waals surface area contributed by atoms with Gasteiger partial charge in [0.1, 0.15) is 11.6 Å². The summed E-state index contributed by atoms with van der Waals surface area (Å²) in [6.07, 6.45) is 23.1. The average Bonchev–Trinajstić information content (AvgIpc) is 3.74. The van der Waals surface area contributed by atoms with E-state index in [-0.39, 0.29) is 12.0 Å². The van der Waals surface area contributed by atoms with Gasteiger partial charge in [0.05, 0.1) is 29.8 Å². The van der Waals surface area contributed by atoms with Crippen LogP contribution in [0, 0.1) is 48.3 Å². The number of aromatic nitrogens is 4. The third kappa shape index (κ3) is 4.92. The van der Waals surface area contributed by atoms with E-state index < -0.39 is 0 Å². The van der Waals surface area contributed by atoms with Crippen LogP contribution in [0.4, 0.5) is 0 Å². The fraction of sp³-hybridized carbons (Fsp3) is 0.500. The molecule has 6 heteroatoms. The molecule has 9 unspecified atom stereocenters. The lowest BCUT2D eigenvalue weighted by molar-refractivity contribution is -0.138. The number of piperidine rings is 1. The van der Waals surface area contributed by atoms with Crippen molar-refractivity contribution in [3.63, 3.8) is 0 Å². The molecule has 0 spiro atoms. The molecule has 2 N–H and O–H groups in total. The van der Waals surface area contributed by atoms with Crippen LogP contribution < -0.4 is 0 Å². The Bertz CT molecular complexity index is 1870. The van der Waals surface area contributed by atoms with Crippen molar-refractivity contribution in [2.75, 3.05) is 0 Å². The molecule has 2 aromatic heterocycles. The first-order valence-corrected chi connectivity index (χ1v) is 18.7. The number of fused-ring (bicyclic) bond motifs is 6. The summed E-state index contributed by atoms with van der Waals surface area (Å²) in [5, 5.41) is 0. The highest BCUT2D eigenvalue weighted by atomic mass is 16.2. The van der Waals surface area contributed by atoms with Gasteiger partial charge >= 0.3 is 0 Å². The monoisotopic (exact) mass is 639 g/mol. The predicted molar refractivity (Wildman–Crippen MR) is 191 cm³/mol. The summed E-state index contributed by atoms with van der Waals surface area (Å²) >= 11 is 0. The van der Waals surface area contributed by atoms with Crippen molar-refractivity contribution in [3.8, 4) is 11.3 Å². The molecule has 2 bridgehead atoms. The van der Waals surface area contributed by atoms with Gasteiger partial charge in [0.25, 0.3) is 0 Å². The van der Waals surface area contributed by atoms with Crippen LogP contribution in [0.15, 0.2) is 72.1 Å². The standard InChI is InChI=1S/C42H49N5O/c1-5-23(2)24(3)42(48)47-37-19-32(37)20-38(47)41-44-22-36(46-41)29-12-8-27(9-13-29)34-17-16-33(39-30-14-15-31(18-30)40(34)39)26-6-10-28(11-7-26)35-21-43-25(4)45-35/h6,8-10,12-13,16-17,21-24,30-32,37-40H,5,7,11,14-15,18-20H2,1-4H3,(H,43,45)(H,44,46). The Morgan fingerprint density at radius 3 is 2.21 bits per heavy atom. The van der Waals surface area contributed by atoms with Gasteiger partial charge in [-0.05, 0) is 121 Å². The van der Waals surface area contributed by atoms with Gasteiger partial charge in [-0.3, -0.25) is 4.79 Å². The number of amides is 1. The highest BCUT2D eigenvalue weighted by molar-refractivity contribution is 5.81. The number of carbonyl (C=O) groups is 1. The summed E-state index contributed by atoms with van der Waals surface area (Å²) in [6, 6.07) is 9.67. The molecule has 1 amide bonds. The van der Waals surface area contributed by atoms with E-state index in [1.807, 2.05) is 19.3 Å². The predicted octanol–water partition coefficient (Wildman–Crippen LogP) is 9.24. The first-order chi connectivity index (χ1) is 23.4. The van der Waals surface area contributed by atoms with Crippen LogP contribution in [0.25, 0.3) is 22.4 Å². The van der Waals surface area contributed by atoms with Crippen LogP contribution in [0.2, 0.25) is 0 Å². The van der Waals surface area contributed by atoms with Crippen LogP contribution in [0.5, 0.6) is 0 Å². The Balaban J connectivity index is 0.957. The Hall–Kier alpha value is -3.93. The van der Waals surface area contributed by atoms with Crippen LogP contribution in [-0.2, 0) is 4.79 Å². The van der Waals surface area contributed by atoms with Gasteiger partial charge in [0.15, 0.2) is 0 Å². The number of nitrogens with one attached hydrogen (secondary N) is 2. The SMILES string of the molecule is CCC(C)C(C)C(=O)N1C(c2ncc(-c3ccc(C4=CC=C(C5=CC=C(c6cnc(C)[nH]6)CC5)C5C6CCC(C6)C45)cc3)[nH]2)CC2CC21. The topological polar surface area (TPSA) is 77.7 Å². The number of likely N-dealkylation sites (tertiary alicyclic amines) is 1. The normalized spacial score (nSPS) is 31.4. The second-order valence-electron chi connectivity index (χ2n) is 15.9. The second kappa shape index (κ2) is 11.6. The van der Waals surface area contributed by atoms with E-state index in [1.54, 1.807) is 5.57 Å². The Morgan fingerprint density at radius 2 is 1.50 bits per heavy atom. The van der Waals surface area contributed by atoms with Gasteiger partial charge in [-0.2, -0.15) is 0 Å². The van der Waals surface area contributed by atoms with Crippen LogP contribution in [-0.4, -0.2) is 36.8 Å². The highest BCUT2D eigenvalue weighted by Gasteiger charge is 2.56. The van der Waals surface area contributed by atoms with E-state index in [4.69, 9.17) is 4.98 Å². The molecule has 3 saturated carbocycles. The van der Waals surface area contributed by atoms with Gasteiger partial charge in [-0.25, -0.2) is 9.97 Å². The van der Waals surface area contributed by atoms with Gasteiger partial charge in [0, 0.05) is 12.0 Å². The van der Waals surface area contributed by atoms with E-state index in [2.05, 4.69) is 89.2 Å². The van der Waals surface area contributed by atoms with Gasteiger partial charge in [-0.1, -0.05) is 75.8 Å². The second-order valence-corrected chi connectivity index (χ2v) is 15.9. The summed E-state index contributed by atoms with van der Waals surface area (Å²) < 4.78 is 0. The molecule has 48 heavy (non-hydrogen) atoms. The lowest BCUT2D eigenvalue weighted by Crippen LogP contribution is -2.39. The first kappa shape index (κ1) is 30.2. The number of rotatable bonds is 8. The summed E-state index contributed by atoms with van der Waals surface area (Å²) in [7, 11) is 0. The molecule has 248 valence electrons. The van der Waals surface area contributed by atoms with Crippen molar-refractivity contribution < 1.29 is 4.79 Å². The summed E-state index contributed by atoms with van der Waals surface area (Å²) in [5.74, 6) is 6.17. The van der Waals surface area contributed by atoms with E-state index in [1.165, 1.54) is 41.5 Å². The zero-order chi connectivity index (χ0) is 32.7. The number of H-pyrrole nitrogens is 2. The number of imidazole rings is 2. The number of hydrogen-bond donors (Lipinski definition) is 2. The van der Waals surface area contributed by atoms with E-state index in [0.717, 1.165) is 72.5 Å². The summed E-state index contributed by atoms with van der Waals surface area (Å²) in [4.78, 5) is 32.1. The van der Waals surface area contributed by atoms with Crippen molar-refractivity contribution in [2.24, 2.45) is 41.4 Å². The molecule has 1 aromatic carbocycles. The average molecular weight is 640 g/mol. The number of carbonyl (C=O) groups excluding carboxylic acids is 1. The van der Waals surface area contributed by atoms with Crippen molar-refractivity contribution >= 4 is 17.1 Å². The largest absolute Gasteiger partial charge is 0.343 e. The van der Waals surface area contributed by atoms with Crippen molar-refractivity contribution in [1.29, 1.82) is 0 Å². The maximum absolute atomic E-state index is 13.6. The quantitative estimate of drug-likeness (QED) is 0.258. The minimum atomic E-state index is 0.0505. The first-order valence-electron chi connectivity index (χ1n) is 18.7. The van der Waals surface area contributed by atoms with Gasteiger partial charge in [-0.15, -0.1) is 0 Å². The summed E-state index contributed by atoms with van der Waals surface area (Å²) in [6.45, 7) is 8.52. The molecule has 4 fully saturated rings. The lowest BCUT2D eigenvalue weighted by atomic mass is 9.66. The van der Waals surface area contributed by atoms with E-state index >= 15 is 0 Å². The number of allylic oxidation sites excluding steroid dienone is 8. The smallest absolute Gasteiger partial charge is 0.226 e. The fourth-order valence-corrected chi connectivity index (χ4v) is 10.2. The fourth-order valence-electron chi connectivity index (χ4n) is 10.2. The van der Waals surface area contributed by atoms with Crippen molar-refractivity contribution in [3.05, 3.63) is 95.0 Å². The zero-order valence-corrected chi connectivity index (χ0v) is 28.9. The molecule has 3 aromatic rings. The van der Waals surface area contributed by atoms with Crippen LogP contribution in [0.1, 0.15) is 101 Å². The van der Waals surface area contributed by atoms with E-state index in [9.17, 15) is 4.79 Å². The molecule has 9 atom stereocenters. The molecule has 9 rings (SSSR count). The number of hydrogen-bond acceptors (Lipinski definition) is 3. The lowest BCUT2D eigenvalue weighted by Gasteiger charge is -2.38. The van der Waals surface area contributed by atoms with E-state index in [0.29, 0.717) is 35.6 Å². The Kier molecular flexibility index (Phi) is 7.29.